The van der Waals surface area contributed by atoms with Gasteiger partial charge in [0.2, 0.25) is 5.91 Å². The minimum absolute atomic E-state index is 0.334. The maximum Gasteiger partial charge on any atom is 0.248 e. The Morgan fingerprint density at radius 3 is 2.61 bits per heavy atom. The van der Waals surface area contributed by atoms with Gasteiger partial charge in [0.15, 0.2) is 0 Å². The number of rotatable bonds is 5. The summed E-state index contributed by atoms with van der Waals surface area (Å²) in [7, 11) is 0. The highest BCUT2D eigenvalue weighted by atomic mass is 32.1. The second-order valence-electron chi connectivity index (χ2n) is 4.18. The van der Waals surface area contributed by atoms with Crippen LogP contribution in [0.25, 0.3) is 0 Å². The van der Waals surface area contributed by atoms with E-state index in [1.165, 1.54) is 4.88 Å². The van der Waals surface area contributed by atoms with Crippen molar-refractivity contribution < 1.29 is 4.79 Å². The predicted molar refractivity (Wildman–Crippen MR) is 74.5 cm³/mol. The number of nitrogens with two attached hydrogens (primary N) is 1. The van der Waals surface area contributed by atoms with Crippen LogP contribution in [0.2, 0.25) is 0 Å². The van der Waals surface area contributed by atoms with Crippen molar-refractivity contribution in [1.82, 2.24) is 5.32 Å². The van der Waals surface area contributed by atoms with E-state index in [4.69, 9.17) is 5.73 Å². The highest BCUT2D eigenvalue weighted by Crippen LogP contribution is 2.18. The minimum Gasteiger partial charge on any atom is -0.366 e. The summed E-state index contributed by atoms with van der Waals surface area (Å²) < 4.78 is 0. The lowest BCUT2D eigenvalue weighted by atomic mass is 10.1. The molecule has 3 nitrogen and oxygen atoms in total. The summed E-state index contributed by atoms with van der Waals surface area (Å²) in [6.07, 6.45) is 0. The first-order valence-corrected chi connectivity index (χ1v) is 6.70. The number of carbonyl (C=O) groups excluding carboxylic acids is 1. The van der Waals surface area contributed by atoms with Crippen molar-refractivity contribution in [1.29, 1.82) is 0 Å². The number of primary amides is 1. The monoisotopic (exact) mass is 260 g/mol. The molecule has 0 aliphatic heterocycles. The quantitative estimate of drug-likeness (QED) is 0.868. The zero-order valence-corrected chi connectivity index (χ0v) is 11.0. The van der Waals surface area contributed by atoms with Crippen LogP contribution in [0, 0.1) is 0 Å². The molecule has 3 N–H and O–H groups in total. The van der Waals surface area contributed by atoms with Crippen LogP contribution in [0.3, 0.4) is 0 Å². The number of amides is 1. The van der Waals surface area contributed by atoms with Gasteiger partial charge < -0.3 is 11.1 Å². The molecule has 0 aliphatic rings. The number of hydrogen-bond acceptors (Lipinski definition) is 3. The SMILES string of the molecule is C[C@H](NCc1ccc(C(N)=O)cc1)c1cccs1. The lowest BCUT2D eigenvalue weighted by molar-refractivity contribution is 0.100. The first kappa shape index (κ1) is 12.8. The van der Waals surface area contributed by atoms with Gasteiger partial charge in [0, 0.05) is 23.0 Å². The van der Waals surface area contributed by atoms with Crippen LogP contribution in [0.15, 0.2) is 41.8 Å². The fraction of sp³-hybridized carbons (Fsp3) is 0.214. The van der Waals surface area contributed by atoms with E-state index in [9.17, 15) is 4.79 Å². The molecule has 0 saturated carbocycles. The number of carbonyl (C=O) groups is 1. The molecule has 1 amide bonds. The molecule has 0 fully saturated rings. The third kappa shape index (κ3) is 3.18. The number of hydrogen-bond donors (Lipinski definition) is 2. The molecule has 0 unspecified atom stereocenters. The van der Waals surface area contributed by atoms with E-state index in [1.807, 2.05) is 12.1 Å². The molecule has 2 aromatic rings. The molecule has 1 aromatic heterocycles. The van der Waals surface area contributed by atoms with E-state index < -0.39 is 0 Å². The van der Waals surface area contributed by atoms with E-state index in [1.54, 1.807) is 23.5 Å². The molecule has 4 heteroatoms. The summed E-state index contributed by atoms with van der Waals surface area (Å²) in [5.74, 6) is -0.388. The zero-order valence-electron chi connectivity index (χ0n) is 10.2. The predicted octanol–water partition coefficient (Wildman–Crippen LogP) is 2.70. The second-order valence-corrected chi connectivity index (χ2v) is 5.16. The van der Waals surface area contributed by atoms with E-state index in [0.29, 0.717) is 11.6 Å². The van der Waals surface area contributed by atoms with Crippen molar-refractivity contribution in [3.8, 4) is 0 Å². The van der Waals surface area contributed by atoms with Crippen LogP contribution in [0.4, 0.5) is 0 Å². The molecule has 94 valence electrons. The van der Waals surface area contributed by atoms with Crippen LogP contribution in [0.1, 0.15) is 33.8 Å². The maximum absolute atomic E-state index is 10.9. The molecular weight excluding hydrogens is 244 g/mol. The Labute approximate surface area is 111 Å². The molecule has 1 aromatic carbocycles. The molecular formula is C14H16N2OS. The Morgan fingerprint density at radius 1 is 1.33 bits per heavy atom. The van der Waals surface area contributed by atoms with Gasteiger partial charge in [-0.3, -0.25) is 4.79 Å². The molecule has 0 radical (unpaired) electrons. The third-order valence-corrected chi connectivity index (χ3v) is 3.88. The average Bonchev–Trinajstić information content (AvgIpc) is 2.90. The van der Waals surface area contributed by atoms with E-state index in [0.717, 1.165) is 12.1 Å². The molecule has 1 heterocycles. The van der Waals surface area contributed by atoms with Crippen LogP contribution in [-0.2, 0) is 6.54 Å². The second kappa shape index (κ2) is 5.80. The summed E-state index contributed by atoms with van der Waals surface area (Å²) >= 11 is 1.75. The minimum atomic E-state index is -0.388. The van der Waals surface area contributed by atoms with Gasteiger partial charge >= 0.3 is 0 Å². The van der Waals surface area contributed by atoms with Crippen LogP contribution in [-0.4, -0.2) is 5.91 Å². The average molecular weight is 260 g/mol. The number of nitrogens with one attached hydrogen (secondary N) is 1. The molecule has 0 spiro atoms. The van der Waals surface area contributed by atoms with Crippen molar-refractivity contribution in [2.45, 2.75) is 19.5 Å². The standard InChI is InChI=1S/C14H16N2OS/c1-10(13-3-2-8-18-13)16-9-11-4-6-12(7-5-11)14(15)17/h2-8,10,16H,9H2,1H3,(H2,15,17)/t10-/m0/s1. The van der Waals surface area contributed by atoms with Crippen molar-refractivity contribution in [3.63, 3.8) is 0 Å². The van der Waals surface area contributed by atoms with Gasteiger partial charge in [-0.15, -0.1) is 11.3 Å². The maximum atomic E-state index is 10.9. The molecule has 2 rings (SSSR count). The van der Waals surface area contributed by atoms with Gasteiger partial charge in [-0.1, -0.05) is 18.2 Å². The van der Waals surface area contributed by atoms with Crippen LogP contribution < -0.4 is 11.1 Å². The normalized spacial score (nSPS) is 12.3. The van der Waals surface area contributed by atoms with E-state index >= 15 is 0 Å². The summed E-state index contributed by atoms with van der Waals surface area (Å²) in [5.41, 5.74) is 6.89. The molecule has 1 atom stereocenters. The summed E-state index contributed by atoms with van der Waals surface area (Å²) in [6.45, 7) is 2.92. The van der Waals surface area contributed by atoms with Crippen molar-refractivity contribution >= 4 is 17.2 Å². The lowest BCUT2D eigenvalue weighted by Crippen LogP contribution is -2.17. The topological polar surface area (TPSA) is 55.1 Å². The number of benzene rings is 1. The molecule has 0 aliphatic carbocycles. The number of thiophene rings is 1. The fourth-order valence-corrected chi connectivity index (χ4v) is 2.45. The molecule has 0 saturated heterocycles. The smallest absolute Gasteiger partial charge is 0.248 e. The summed E-state index contributed by atoms with van der Waals surface area (Å²) in [4.78, 5) is 12.3. The van der Waals surface area contributed by atoms with Crippen LogP contribution in [0.5, 0.6) is 0 Å². The third-order valence-electron chi connectivity index (χ3n) is 2.82. The Hall–Kier alpha value is -1.65. The molecule has 18 heavy (non-hydrogen) atoms. The van der Waals surface area contributed by atoms with Gasteiger partial charge in [0.25, 0.3) is 0 Å². The first-order chi connectivity index (χ1) is 8.66. The Balaban J connectivity index is 1.92. The van der Waals surface area contributed by atoms with Gasteiger partial charge in [0.05, 0.1) is 0 Å². The lowest BCUT2D eigenvalue weighted by Gasteiger charge is -2.12. The first-order valence-electron chi connectivity index (χ1n) is 5.82. The Morgan fingerprint density at radius 2 is 2.06 bits per heavy atom. The van der Waals surface area contributed by atoms with Crippen molar-refractivity contribution in [2.75, 3.05) is 0 Å². The van der Waals surface area contributed by atoms with Crippen molar-refractivity contribution in [3.05, 3.63) is 57.8 Å². The Bertz CT molecular complexity index is 505. The largest absolute Gasteiger partial charge is 0.366 e. The van der Waals surface area contributed by atoms with Gasteiger partial charge in [0.1, 0.15) is 0 Å². The Kier molecular flexibility index (Phi) is 4.12. The van der Waals surface area contributed by atoms with E-state index in [-0.39, 0.29) is 5.91 Å². The van der Waals surface area contributed by atoms with Crippen LogP contribution >= 0.6 is 11.3 Å². The zero-order chi connectivity index (χ0) is 13.0. The van der Waals surface area contributed by atoms with Gasteiger partial charge in [-0.05, 0) is 36.1 Å². The summed E-state index contributed by atoms with van der Waals surface area (Å²) in [5, 5.41) is 5.52. The fourth-order valence-electron chi connectivity index (χ4n) is 1.70. The highest BCUT2D eigenvalue weighted by Gasteiger charge is 2.05. The van der Waals surface area contributed by atoms with Gasteiger partial charge in [-0.25, -0.2) is 0 Å². The van der Waals surface area contributed by atoms with Crippen molar-refractivity contribution in [2.24, 2.45) is 5.73 Å². The highest BCUT2D eigenvalue weighted by molar-refractivity contribution is 7.10. The summed E-state index contributed by atoms with van der Waals surface area (Å²) in [6, 6.07) is 11.9. The molecule has 0 bridgehead atoms. The van der Waals surface area contributed by atoms with E-state index in [2.05, 4.69) is 29.8 Å². The van der Waals surface area contributed by atoms with Gasteiger partial charge in [-0.2, -0.15) is 0 Å².